The first-order valence-electron chi connectivity index (χ1n) is 8.83. The summed E-state index contributed by atoms with van der Waals surface area (Å²) >= 11 is 0. The number of carbonyl (C=O) groups is 1. The number of nitrogens with one attached hydrogen (secondary N) is 1. The Labute approximate surface area is 151 Å². The first kappa shape index (κ1) is 16.7. The summed E-state index contributed by atoms with van der Waals surface area (Å²) in [7, 11) is 0. The molecule has 1 unspecified atom stereocenters. The summed E-state index contributed by atoms with van der Waals surface area (Å²) in [6.45, 7) is 3.34. The van der Waals surface area contributed by atoms with Crippen molar-refractivity contribution in [1.29, 1.82) is 0 Å². The van der Waals surface area contributed by atoms with Crippen LogP contribution in [0, 0.1) is 6.92 Å². The second kappa shape index (κ2) is 7.22. The Morgan fingerprint density at radius 3 is 3.00 bits per heavy atom. The topological polar surface area (TPSA) is 60.7 Å². The fraction of sp³-hybridized carbons (Fsp3) is 0.286. The third-order valence-electron chi connectivity index (χ3n) is 4.45. The Bertz CT molecular complexity index is 925. The third kappa shape index (κ3) is 3.73. The summed E-state index contributed by atoms with van der Waals surface area (Å²) in [6.07, 6.45) is 2.27. The number of ether oxygens (including phenoxy) is 2. The van der Waals surface area contributed by atoms with Crippen LogP contribution in [-0.4, -0.2) is 25.2 Å². The van der Waals surface area contributed by atoms with E-state index in [0.717, 1.165) is 30.4 Å². The first-order chi connectivity index (χ1) is 12.7. The minimum atomic E-state index is -0.282. The van der Waals surface area contributed by atoms with E-state index < -0.39 is 0 Å². The third-order valence-corrected chi connectivity index (χ3v) is 4.45. The van der Waals surface area contributed by atoms with Crippen LogP contribution < -0.4 is 10.1 Å². The standard InChI is InChI=1S/C21H21NO4/c1-14-7-8-19-15(10-14)11-20(26-19)21(23)22-16-4-2-5-17(12-16)25-13-18-6-3-9-24-18/h2,4-5,7-8,10-12,18H,3,6,9,13H2,1H3,(H,22,23). The number of fused-ring (bicyclic) bond motifs is 1. The van der Waals surface area contributed by atoms with E-state index in [0.29, 0.717) is 23.6 Å². The number of rotatable bonds is 5. The molecule has 1 fully saturated rings. The van der Waals surface area contributed by atoms with Gasteiger partial charge in [-0.2, -0.15) is 0 Å². The molecular weight excluding hydrogens is 330 g/mol. The largest absolute Gasteiger partial charge is 0.491 e. The van der Waals surface area contributed by atoms with Crippen LogP contribution in [0.2, 0.25) is 0 Å². The molecule has 1 aromatic heterocycles. The molecule has 0 bridgehead atoms. The van der Waals surface area contributed by atoms with Crippen LogP contribution in [0.4, 0.5) is 5.69 Å². The number of amides is 1. The predicted molar refractivity (Wildman–Crippen MR) is 99.8 cm³/mol. The molecule has 5 nitrogen and oxygen atoms in total. The molecule has 1 saturated heterocycles. The van der Waals surface area contributed by atoms with Gasteiger partial charge < -0.3 is 19.2 Å². The molecule has 1 atom stereocenters. The van der Waals surface area contributed by atoms with Crippen molar-refractivity contribution in [3.63, 3.8) is 0 Å². The molecule has 134 valence electrons. The van der Waals surface area contributed by atoms with Gasteiger partial charge >= 0.3 is 0 Å². The molecule has 4 rings (SSSR count). The summed E-state index contributed by atoms with van der Waals surface area (Å²) in [6, 6.07) is 14.9. The van der Waals surface area contributed by atoms with Crippen LogP contribution in [-0.2, 0) is 4.74 Å². The van der Waals surface area contributed by atoms with Crippen LogP contribution in [0.5, 0.6) is 5.75 Å². The van der Waals surface area contributed by atoms with Crippen LogP contribution in [0.1, 0.15) is 29.0 Å². The molecule has 0 saturated carbocycles. The lowest BCUT2D eigenvalue weighted by Gasteiger charge is -2.12. The molecule has 1 amide bonds. The molecule has 1 N–H and O–H groups in total. The maximum Gasteiger partial charge on any atom is 0.291 e. The van der Waals surface area contributed by atoms with Gasteiger partial charge in [0.2, 0.25) is 0 Å². The van der Waals surface area contributed by atoms with Gasteiger partial charge in [-0.1, -0.05) is 17.7 Å². The van der Waals surface area contributed by atoms with Gasteiger partial charge in [-0.05, 0) is 50.1 Å². The molecule has 0 spiro atoms. The lowest BCUT2D eigenvalue weighted by Crippen LogP contribution is -2.16. The van der Waals surface area contributed by atoms with Gasteiger partial charge in [-0.15, -0.1) is 0 Å². The van der Waals surface area contributed by atoms with E-state index in [9.17, 15) is 4.79 Å². The Morgan fingerprint density at radius 2 is 2.15 bits per heavy atom. The fourth-order valence-electron chi connectivity index (χ4n) is 3.10. The zero-order valence-corrected chi connectivity index (χ0v) is 14.7. The molecule has 0 aliphatic carbocycles. The van der Waals surface area contributed by atoms with Crippen molar-refractivity contribution in [1.82, 2.24) is 0 Å². The Balaban J connectivity index is 1.43. The molecule has 2 heterocycles. The molecule has 5 heteroatoms. The predicted octanol–water partition coefficient (Wildman–Crippen LogP) is 4.55. The minimum Gasteiger partial charge on any atom is -0.491 e. The van der Waals surface area contributed by atoms with E-state index in [4.69, 9.17) is 13.9 Å². The average molecular weight is 351 g/mol. The fourth-order valence-corrected chi connectivity index (χ4v) is 3.10. The number of furan rings is 1. The van der Waals surface area contributed by atoms with E-state index in [1.165, 1.54) is 0 Å². The highest BCUT2D eigenvalue weighted by molar-refractivity contribution is 6.04. The highest BCUT2D eigenvalue weighted by atomic mass is 16.5. The first-order valence-corrected chi connectivity index (χ1v) is 8.83. The number of anilines is 1. The summed E-state index contributed by atoms with van der Waals surface area (Å²) < 4.78 is 17.0. The minimum absolute atomic E-state index is 0.159. The molecule has 3 aromatic rings. The summed E-state index contributed by atoms with van der Waals surface area (Å²) in [5, 5.41) is 3.78. The van der Waals surface area contributed by atoms with Crippen LogP contribution in [0.15, 0.2) is 52.9 Å². The SMILES string of the molecule is Cc1ccc2oc(C(=O)Nc3cccc(OCC4CCCO4)c3)cc2c1. The van der Waals surface area contributed by atoms with Crippen molar-refractivity contribution in [3.05, 3.63) is 59.9 Å². The Kier molecular flexibility index (Phi) is 4.63. The normalized spacial score (nSPS) is 16.7. The molecule has 26 heavy (non-hydrogen) atoms. The Morgan fingerprint density at radius 1 is 1.23 bits per heavy atom. The smallest absolute Gasteiger partial charge is 0.291 e. The Hall–Kier alpha value is -2.79. The second-order valence-corrected chi connectivity index (χ2v) is 6.58. The summed E-state index contributed by atoms with van der Waals surface area (Å²) in [4.78, 5) is 12.5. The lowest BCUT2D eigenvalue weighted by molar-refractivity contribution is 0.0680. The van der Waals surface area contributed by atoms with Crippen LogP contribution >= 0.6 is 0 Å². The molecule has 1 aliphatic heterocycles. The van der Waals surface area contributed by atoms with Gasteiger partial charge in [0.1, 0.15) is 17.9 Å². The van der Waals surface area contributed by atoms with Crippen LogP contribution in [0.3, 0.4) is 0 Å². The lowest BCUT2D eigenvalue weighted by atomic mass is 10.2. The number of benzene rings is 2. The van der Waals surface area contributed by atoms with E-state index in [1.807, 2.05) is 43.3 Å². The summed E-state index contributed by atoms with van der Waals surface area (Å²) in [5.74, 6) is 0.713. The number of hydrogen-bond acceptors (Lipinski definition) is 4. The highest BCUT2D eigenvalue weighted by Crippen LogP contribution is 2.23. The maximum atomic E-state index is 12.5. The zero-order chi connectivity index (χ0) is 17.9. The van der Waals surface area contributed by atoms with Crippen molar-refractivity contribution in [3.8, 4) is 5.75 Å². The van der Waals surface area contributed by atoms with Crippen LogP contribution in [0.25, 0.3) is 11.0 Å². The zero-order valence-electron chi connectivity index (χ0n) is 14.7. The number of aryl methyl sites for hydroxylation is 1. The van der Waals surface area contributed by atoms with E-state index in [-0.39, 0.29) is 17.8 Å². The van der Waals surface area contributed by atoms with Gasteiger partial charge in [-0.3, -0.25) is 4.79 Å². The number of carbonyl (C=O) groups excluding carboxylic acids is 1. The van der Waals surface area contributed by atoms with Gasteiger partial charge in [0.05, 0.1) is 6.10 Å². The molecule has 0 radical (unpaired) electrons. The van der Waals surface area contributed by atoms with E-state index >= 15 is 0 Å². The van der Waals surface area contributed by atoms with E-state index in [2.05, 4.69) is 5.32 Å². The van der Waals surface area contributed by atoms with E-state index in [1.54, 1.807) is 12.1 Å². The van der Waals surface area contributed by atoms with Gasteiger partial charge in [-0.25, -0.2) is 0 Å². The van der Waals surface area contributed by atoms with Crippen molar-refractivity contribution < 1.29 is 18.7 Å². The maximum absolute atomic E-state index is 12.5. The van der Waals surface area contributed by atoms with Gasteiger partial charge in [0.15, 0.2) is 5.76 Å². The number of hydrogen-bond donors (Lipinski definition) is 1. The summed E-state index contributed by atoms with van der Waals surface area (Å²) in [5.41, 5.74) is 2.49. The van der Waals surface area contributed by atoms with Gasteiger partial charge in [0, 0.05) is 23.7 Å². The quantitative estimate of drug-likeness (QED) is 0.732. The second-order valence-electron chi connectivity index (χ2n) is 6.58. The molecule has 1 aliphatic rings. The highest BCUT2D eigenvalue weighted by Gasteiger charge is 2.16. The van der Waals surface area contributed by atoms with Crippen molar-refractivity contribution >= 4 is 22.6 Å². The van der Waals surface area contributed by atoms with Crippen molar-refractivity contribution in [2.75, 3.05) is 18.5 Å². The molecule has 2 aromatic carbocycles. The van der Waals surface area contributed by atoms with Gasteiger partial charge in [0.25, 0.3) is 5.91 Å². The molecular formula is C21H21NO4. The monoisotopic (exact) mass is 351 g/mol. The van der Waals surface area contributed by atoms with Crippen molar-refractivity contribution in [2.24, 2.45) is 0 Å². The average Bonchev–Trinajstić information content (AvgIpc) is 3.29. The van der Waals surface area contributed by atoms with Crippen molar-refractivity contribution in [2.45, 2.75) is 25.9 Å².